The van der Waals surface area contributed by atoms with Crippen LogP contribution in [-0.4, -0.2) is 24.8 Å². The van der Waals surface area contributed by atoms with Crippen molar-refractivity contribution in [1.82, 2.24) is 4.98 Å². The first-order chi connectivity index (χ1) is 7.75. The zero-order valence-corrected chi connectivity index (χ0v) is 10.3. The summed E-state index contributed by atoms with van der Waals surface area (Å²) < 4.78 is 10.8. The number of rotatable bonds is 4. The normalized spacial score (nSPS) is 20.2. The molecule has 1 aliphatic heterocycles. The van der Waals surface area contributed by atoms with Crippen LogP contribution in [0.1, 0.15) is 12.0 Å². The van der Waals surface area contributed by atoms with Gasteiger partial charge in [0.15, 0.2) is 0 Å². The van der Waals surface area contributed by atoms with Gasteiger partial charge < -0.3 is 9.47 Å². The first-order valence-electron chi connectivity index (χ1n) is 5.21. The molecule has 5 heteroatoms. The van der Waals surface area contributed by atoms with Crippen LogP contribution in [0.2, 0.25) is 10.2 Å². The number of nitrogens with zero attached hydrogens (tertiary/aromatic N) is 1. The van der Waals surface area contributed by atoms with Gasteiger partial charge in [0.25, 0.3) is 0 Å². The molecule has 1 unspecified atom stereocenters. The van der Waals surface area contributed by atoms with Crippen molar-refractivity contribution in [2.75, 3.05) is 19.8 Å². The highest BCUT2D eigenvalue weighted by Gasteiger charge is 2.15. The SMILES string of the molecule is Clc1cc(Cl)c(COCC2CCOC2)cn1. The average molecular weight is 262 g/mol. The molecule has 0 radical (unpaired) electrons. The number of aromatic nitrogens is 1. The third-order valence-corrected chi connectivity index (χ3v) is 3.09. The van der Waals surface area contributed by atoms with Crippen LogP contribution < -0.4 is 0 Å². The summed E-state index contributed by atoms with van der Waals surface area (Å²) >= 11 is 11.7. The average Bonchev–Trinajstić information content (AvgIpc) is 2.74. The second kappa shape index (κ2) is 5.82. The van der Waals surface area contributed by atoms with Crippen molar-refractivity contribution < 1.29 is 9.47 Å². The fraction of sp³-hybridized carbons (Fsp3) is 0.545. The third-order valence-electron chi connectivity index (χ3n) is 2.53. The van der Waals surface area contributed by atoms with Crippen molar-refractivity contribution in [1.29, 1.82) is 0 Å². The molecule has 0 spiro atoms. The molecule has 3 nitrogen and oxygen atoms in total. The number of hydrogen-bond donors (Lipinski definition) is 0. The largest absolute Gasteiger partial charge is 0.381 e. The van der Waals surface area contributed by atoms with Crippen LogP contribution in [0.15, 0.2) is 12.3 Å². The monoisotopic (exact) mass is 261 g/mol. The van der Waals surface area contributed by atoms with Gasteiger partial charge in [-0.1, -0.05) is 23.2 Å². The van der Waals surface area contributed by atoms with Gasteiger partial charge in [0.1, 0.15) is 5.15 Å². The Morgan fingerprint density at radius 2 is 2.38 bits per heavy atom. The van der Waals surface area contributed by atoms with Gasteiger partial charge in [0.2, 0.25) is 0 Å². The molecule has 1 aromatic rings. The Bertz CT molecular complexity index is 354. The lowest BCUT2D eigenvalue weighted by atomic mass is 10.1. The fourth-order valence-electron chi connectivity index (χ4n) is 1.59. The van der Waals surface area contributed by atoms with Gasteiger partial charge in [-0.25, -0.2) is 4.98 Å². The summed E-state index contributed by atoms with van der Waals surface area (Å²) in [6.45, 7) is 2.82. The summed E-state index contributed by atoms with van der Waals surface area (Å²) in [4.78, 5) is 3.97. The van der Waals surface area contributed by atoms with Gasteiger partial charge in [0.05, 0.1) is 24.8 Å². The van der Waals surface area contributed by atoms with E-state index in [2.05, 4.69) is 4.98 Å². The third kappa shape index (κ3) is 3.32. The van der Waals surface area contributed by atoms with Crippen LogP contribution in [0.4, 0.5) is 0 Å². The van der Waals surface area contributed by atoms with Gasteiger partial charge in [-0.05, 0) is 12.5 Å². The molecule has 0 saturated carbocycles. The van der Waals surface area contributed by atoms with Crippen LogP contribution in [0.25, 0.3) is 0 Å². The first kappa shape index (κ1) is 12.1. The summed E-state index contributed by atoms with van der Waals surface area (Å²) in [7, 11) is 0. The van der Waals surface area contributed by atoms with E-state index in [-0.39, 0.29) is 0 Å². The molecular weight excluding hydrogens is 249 g/mol. The molecule has 0 N–H and O–H groups in total. The zero-order valence-electron chi connectivity index (χ0n) is 8.79. The van der Waals surface area contributed by atoms with Crippen LogP contribution in [0.5, 0.6) is 0 Å². The molecule has 0 amide bonds. The Balaban J connectivity index is 1.80. The highest BCUT2D eigenvalue weighted by atomic mass is 35.5. The summed E-state index contributed by atoms with van der Waals surface area (Å²) in [5.41, 5.74) is 0.866. The number of ether oxygens (including phenoxy) is 2. The van der Waals surface area contributed by atoms with Crippen LogP contribution in [-0.2, 0) is 16.1 Å². The predicted octanol–water partition coefficient (Wildman–Crippen LogP) is 2.94. The van der Waals surface area contributed by atoms with Gasteiger partial charge in [0, 0.05) is 24.3 Å². The van der Waals surface area contributed by atoms with Crippen molar-refractivity contribution in [3.63, 3.8) is 0 Å². The minimum absolute atomic E-state index is 0.401. The number of halogens is 2. The molecule has 16 heavy (non-hydrogen) atoms. The van der Waals surface area contributed by atoms with E-state index in [4.69, 9.17) is 32.7 Å². The van der Waals surface area contributed by atoms with E-state index >= 15 is 0 Å². The summed E-state index contributed by atoms with van der Waals surface area (Å²) in [6, 6.07) is 1.63. The second-order valence-corrected chi connectivity index (χ2v) is 4.64. The molecule has 1 aromatic heterocycles. The number of hydrogen-bond acceptors (Lipinski definition) is 3. The topological polar surface area (TPSA) is 31.4 Å². The molecule has 0 aromatic carbocycles. The summed E-state index contributed by atoms with van der Waals surface area (Å²) in [5, 5.41) is 1.00. The minimum Gasteiger partial charge on any atom is -0.381 e. The second-order valence-electron chi connectivity index (χ2n) is 3.84. The van der Waals surface area contributed by atoms with E-state index in [9.17, 15) is 0 Å². The Morgan fingerprint density at radius 1 is 1.50 bits per heavy atom. The van der Waals surface area contributed by atoms with E-state index in [1.807, 2.05) is 0 Å². The Hall–Kier alpha value is -0.350. The molecular formula is C11H13Cl2NO2. The summed E-state index contributed by atoms with van der Waals surface area (Å²) in [6.07, 6.45) is 2.72. The molecule has 1 aliphatic rings. The molecule has 88 valence electrons. The van der Waals surface area contributed by atoms with Crippen LogP contribution in [0.3, 0.4) is 0 Å². The smallest absolute Gasteiger partial charge is 0.130 e. The molecule has 1 atom stereocenters. The quantitative estimate of drug-likeness (QED) is 0.782. The maximum absolute atomic E-state index is 6.00. The highest BCUT2D eigenvalue weighted by molar-refractivity contribution is 6.34. The van der Waals surface area contributed by atoms with E-state index < -0.39 is 0 Å². The minimum atomic E-state index is 0.401. The standard InChI is InChI=1S/C11H13Cl2NO2/c12-10-3-11(13)14-4-9(10)7-16-6-8-1-2-15-5-8/h3-4,8H,1-2,5-7H2. The lowest BCUT2D eigenvalue weighted by Crippen LogP contribution is -2.09. The molecule has 0 bridgehead atoms. The van der Waals surface area contributed by atoms with Crippen molar-refractivity contribution in [3.8, 4) is 0 Å². The predicted molar refractivity (Wildman–Crippen MR) is 62.8 cm³/mol. The van der Waals surface area contributed by atoms with Gasteiger partial charge in [-0.15, -0.1) is 0 Å². The highest BCUT2D eigenvalue weighted by Crippen LogP contribution is 2.20. The van der Waals surface area contributed by atoms with Crippen LogP contribution in [0, 0.1) is 5.92 Å². The molecule has 1 saturated heterocycles. The molecule has 0 aliphatic carbocycles. The first-order valence-corrected chi connectivity index (χ1v) is 5.96. The zero-order chi connectivity index (χ0) is 11.4. The van der Waals surface area contributed by atoms with E-state index in [0.717, 1.165) is 25.2 Å². The number of pyridine rings is 1. The van der Waals surface area contributed by atoms with E-state index in [1.54, 1.807) is 12.3 Å². The lowest BCUT2D eigenvalue weighted by molar-refractivity contribution is 0.0790. The van der Waals surface area contributed by atoms with Gasteiger partial charge in [-0.2, -0.15) is 0 Å². The van der Waals surface area contributed by atoms with Gasteiger partial charge >= 0.3 is 0 Å². The maximum Gasteiger partial charge on any atom is 0.130 e. The molecule has 2 heterocycles. The van der Waals surface area contributed by atoms with Crippen molar-refractivity contribution in [2.24, 2.45) is 5.92 Å². The summed E-state index contributed by atoms with van der Waals surface area (Å²) in [5.74, 6) is 0.513. The fourth-order valence-corrected chi connectivity index (χ4v) is 2.01. The van der Waals surface area contributed by atoms with Crippen molar-refractivity contribution in [2.45, 2.75) is 13.0 Å². The van der Waals surface area contributed by atoms with Crippen LogP contribution >= 0.6 is 23.2 Å². The lowest BCUT2D eigenvalue weighted by Gasteiger charge is -2.09. The van der Waals surface area contributed by atoms with E-state index in [0.29, 0.717) is 29.3 Å². The van der Waals surface area contributed by atoms with Crippen molar-refractivity contribution >= 4 is 23.2 Å². The Morgan fingerprint density at radius 3 is 3.06 bits per heavy atom. The maximum atomic E-state index is 6.00. The Kier molecular flexibility index (Phi) is 4.41. The van der Waals surface area contributed by atoms with Gasteiger partial charge in [-0.3, -0.25) is 0 Å². The molecule has 1 fully saturated rings. The Labute approximate surface area is 105 Å². The molecule has 2 rings (SSSR count). The van der Waals surface area contributed by atoms with E-state index in [1.165, 1.54) is 0 Å². The van der Waals surface area contributed by atoms with Crippen molar-refractivity contribution in [3.05, 3.63) is 28.0 Å².